The second-order valence-electron chi connectivity index (χ2n) is 4.82. The first kappa shape index (κ1) is 17.8. The molecule has 1 amide bonds. The normalized spacial score (nSPS) is 14.4. The Morgan fingerprint density at radius 1 is 1.37 bits per heavy atom. The van der Waals surface area contributed by atoms with Crippen LogP contribution in [0.3, 0.4) is 0 Å². The number of allylic oxidation sites excluding steroid dienone is 1. The van der Waals surface area contributed by atoms with Crippen molar-refractivity contribution in [2.24, 2.45) is 11.8 Å². The lowest BCUT2D eigenvalue weighted by molar-refractivity contribution is -0.126. The van der Waals surface area contributed by atoms with Gasteiger partial charge in [-0.2, -0.15) is 0 Å². The van der Waals surface area contributed by atoms with Crippen LogP contribution in [0.1, 0.15) is 34.1 Å². The van der Waals surface area contributed by atoms with Gasteiger partial charge in [-0.05, 0) is 25.3 Å². The lowest BCUT2D eigenvalue weighted by atomic mass is 9.92. The zero-order valence-electron chi connectivity index (χ0n) is 12.9. The van der Waals surface area contributed by atoms with Crippen LogP contribution in [0.15, 0.2) is 12.2 Å². The van der Waals surface area contributed by atoms with E-state index in [9.17, 15) is 4.79 Å². The Morgan fingerprint density at radius 3 is 2.47 bits per heavy atom. The SMILES string of the molecule is CCC(C)C(=N)C(C)/C=C/C(=O)N(CC)CCOC. The Bertz CT molecular complexity index is 313. The minimum atomic E-state index is -0.0108. The van der Waals surface area contributed by atoms with Crippen molar-refractivity contribution in [2.45, 2.75) is 34.1 Å². The summed E-state index contributed by atoms with van der Waals surface area (Å²) in [4.78, 5) is 13.7. The fourth-order valence-electron chi connectivity index (χ4n) is 1.73. The Balaban J connectivity index is 4.44. The molecule has 2 unspecified atom stereocenters. The van der Waals surface area contributed by atoms with Gasteiger partial charge in [0.15, 0.2) is 0 Å². The molecule has 0 rings (SSSR count). The Labute approximate surface area is 117 Å². The minimum absolute atomic E-state index is 0.0108. The molecule has 4 heteroatoms. The molecule has 4 nitrogen and oxygen atoms in total. The van der Waals surface area contributed by atoms with Crippen LogP contribution < -0.4 is 0 Å². The summed E-state index contributed by atoms with van der Waals surface area (Å²) >= 11 is 0. The number of nitrogens with one attached hydrogen (secondary N) is 1. The maximum absolute atomic E-state index is 12.0. The van der Waals surface area contributed by atoms with E-state index in [0.29, 0.717) is 25.4 Å². The van der Waals surface area contributed by atoms with Gasteiger partial charge in [-0.3, -0.25) is 4.79 Å². The lowest BCUT2D eigenvalue weighted by Gasteiger charge is -2.19. The number of ether oxygens (including phenoxy) is 1. The summed E-state index contributed by atoms with van der Waals surface area (Å²) < 4.78 is 4.98. The number of likely N-dealkylation sites (N-methyl/N-ethyl adjacent to an activating group) is 1. The lowest BCUT2D eigenvalue weighted by Crippen LogP contribution is -2.32. The molecule has 0 bridgehead atoms. The molecule has 110 valence electrons. The second-order valence-corrected chi connectivity index (χ2v) is 4.82. The molecular weight excluding hydrogens is 240 g/mol. The fraction of sp³-hybridized carbons (Fsp3) is 0.733. The number of hydrogen-bond donors (Lipinski definition) is 1. The predicted molar refractivity (Wildman–Crippen MR) is 79.6 cm³/mol. The van der Waals surface area contributed by atoms with E-state index < -0.39 is 0 Å². The third-order valence-corrected chi connectivity index (χ3v) is 3.42. The van der Waals surface area contributed by atoms with Crippen molar-refractivity contribution in [3.05, 3.63) is 12.2 Å². The average molecular weight is 268 g/mol. The molecule has 0 aliphatic heterocycles. The van der Waals surface area contributed by atoms with Gasteiger partial charge in [-0.25, -0.2) is 0 Å². The molecule has 0 fully saturated rings. The molecule has 0 spiro atoms. The topological polar surface area (TPSA) is 53.4 Å². The van der Waals surface area contributed by atoms with E-state index in [1.807, 2.05) is 26.8 Å². The van der Waals surface area contributed by atoms with Gasteiger partial charge in [0.2, 0.25) is 5.91 Å². The molecule has 0 aliphatic rings. The maximum Gasteiger partial charge on any atom is 0.246 e. The molecule has 0 saturated carbocycles. The highest BCUT2D eigenvalue weighted by Gasteiger charge is 2.13. The smallest absolute Gasteiger partial charge is 0.246 e. The van der Waals surface area contributed by atoms with Crippen LogP contribution in [-0.2, 0) is 9.53 Å². The third-order valence-electron chi connectivity index (χ3n) is 3.42. The van der Waals surface area contributed by atoms with Gasteiger partial charge in [0.1, 0.15) is 0 Å². The molecule has 0 saturated heterocycles. The quantitative estimate of drug-likeness (QED) is 0.516. The highest BCUT2D eigenvalue weighted by molar-refractivity contribution is 5.91. The van der Waals surface area contributed by atoms with E-state index in [1.165, 1.54) is 0 Å². The van der Waals surface area contributed by atoms with E-state index in [0.717, 1.165) is 6.42 Å². The molecule has 0 aromatic rings. The van der Waals surface area contributed by atoms with E-state index in [-0.39, 0.29) is 17.7 Å². The third kappa shape index (κ3) is 6.53. The van der Waals surface area contributed by atoms with Crippen molar-refractivity contribution in [3.8, 4) is 0 Å². The number of carbonyl (C=O) groups excluding carboxylic acids is 1. The van der Waals surface area contributed by atoms with Gasteiger partial charge in [0, 0.05) is 31.8 Å². The molecule has 2 atom stereocenters. The van der Waals surface area contributed by atoms with Gasteiger partial charge < -0.3 is 15.0 Å². The molecule has 0 aliphatic carbocycles. The Hall–Kier alpha value is -1.16. The van der Waals surface area contributed by atoms with Crippen molar-refractivity contribution >= 4 is 11.6 Å². The van der Waals surface area contributed by atoms with E-state index in [1.54, 1.807) is 18.1 Å². The molecular formula is C15H28N2O2. The van der Waals surface area contributed by atoms with Crippen LogP contribution in [0.2, 0.25) is 0 Å². The summed E-state index contributed by atoms with van der Waals surface area (Å²) in [6.45, 7) is 9.86. The highest BCUT2D eigenvalue weighted by atomic mass is 16.5. The highest BCUT2D eigenvalue weighted by Crippen LogP contribution is 2.12. The minimum Gasteiger partial charge on any atom is -0.383 e. The number of nitrogens with zero attached hydrogens (tertiary/aromatic N) is 1. The van der Waals surface area contributed by atoms with Crippen LogP contribution in [0.5, 0.6) is 0 Å². The molecule has 0 aromatic carbocycles. The first-order valence-electron chi connectivity index (χ1n) is 7.02. The predicted octanol–water partition coefficient (Wildman–Crippen LogP) is 2.74. The zero-order chi connectivity index (χ0) is 14.8. The first-order chi connectivity index (χ1) is 8.97. The number of amides is 1. The molecule has 19 heavy (non-hydrogen) atoms. The van der Waals surface area contributed by atoms with Crippen LogP contribution in [0, 0.1) is 17.2 Å². The zero-order valence-corrected chi connectivity index (χ0v) is 12.9. The van der Waals surface area contributed by atoms with Crippen molar-refractivity contribution in [2.75, 3.05) is 26.8 Å². The summed E-state index contributed by atoms with van der Waals surface area (Å²) in [6, 6.07) is 0. The second kappa shape index (κ2) is 9.73. The summed E-state index contributed by atoms with van der Waals surface area (Å²) in [5, 5.41) is 8.01. The van der Waals surface area contributed by atoms with E-state index in [2.05, 4.69) is 6.92 Å². The van der Waals surface area contributed by atoms with Crippen molar-refractivity contribution in [3.63, 3.8) is 0 Å². The Morgan fingerprint density at radius 2 is 2.00 bits per heavy atom. The van der Waals surface area contributed by atoms with Gasteiger partial charge in [-0.15, -0.1) is 0 Å². The summed E-state index contributed by atoms with van der Waals surface area (Å²) in [5.41, 5.74) is 0.687. The van der Waals surface area contributed by atoms with Crippen LogP contribution in [0.25, 0.3) is 0 Å². The molecule has 0 radical (unpaired) electrons. The number of rotatable bonds is 9. The molecule has 0 aromatic heterocycles. The van der Waals surface area contributed by atoms with Crippen molar-refractivity contribution < 1.29 is 9.53 Å². The molecule has 0 heterocycles. The van der Waals surface area contributed by atoms with Crippen molar-refractivity contribution in [1.29, 1.82) is 5.41 Å². The monoisotopic (exact) mass is 268 g/mol. The van der Waals surface area contributed by atoms with Gasteiger partial charge in [0.25, 0.3) is 0 Å². The van der Waals surface area contributed by atoms with Gasteiger partial charge in [0.05, 0.1) is 6.61 Å². The first-order valence-corrected chi connectivity index (χ1v) is 7.02. The van der Waals surface area contributed by atoms with Gasteiger partial charge >= 0.3 is 0 Å². The van der Waals surface area contributed by atoms with E-state index in [4.69, 9.17) is 10.1 Å². The van der Waals surface area contributed by atoms with Crippen LogP contribution in [-0.4, -0.2) is 43.3 Å². The summed E-state index contributed by atoms with van der Waals surface area (Å²) in [5.74, 6) is 0.272. The number of carbonyl (C=O) groups is 1. The summed E-state index contributed by atoms with van der Waals surface area (Å²) in [7, 11) is 1.63. The standard InChI is InChI=1S/C15H28N2O2/c1-6-12(3)15(16)13(4)8-9-14(18)17(7-2)10-11-19-5/h8-9,12-13,16H,6-7,10-11H2,1-5H3/b9-8+,16-15?. The average Bonchev–Trinajstić information content (AvgIpc) is 2.43. The van der Waals surface area contributed by atoms with E-state index >= 15 is 0 Å². The maximum atomic E-state index is 12.0. The summed E-state index contributed by atoms with van der Waals surface area (Å²) in [6.07, 6.45) is 4.37. The molecule has 1 N–H and O–H groups in total. The largest absolute Gasteiger partial charge is 0.383 e. The Kier molecular flexibility index (Phi) is 9.13. The number of hydrogen-bond acceptors (Lipinski definition) is 3. The van der Waals surface area contributed by atoms with Crippen LogP contribution >= 0.6 is 0 Å². The number of methoxy groups -OCH3 is 1. The fourth-order valence-corrected chi connectivity index (χ4v) is 1.73. The van der Waals surface area contributed by atoms with Gasteiger partial charge in [-0.1, -0.05) is 26.8 Å². The van der Waals surface area contributed by atoms with Crippen LogP contribution in [0.4, 0.5) is 0 Å². The van der Waals surface area contributed by atoms with Crippen molar-refractivity contribution in [1.82, 2.24) is 4.90 Å².